The van der Waals surface area contributed by atoms with Gasteiger partial charge in [0.15, 0.2) is 0 Å². The molecule has 0 amide bonds. The Balaban J connectivity index is 3.25. The van der Waals surface area contributed by atoms with Crippen molar-refractivity contribution in [2.75, 3.05) is 0 Å². The third kappa shape index (κ3) is 2.51. The highest BCUT2D eigenvalue weighted by molar-refractivity contribution is 6.32. The number of hydrogen-bond acceptors (Lipinski definition) is 3. The molecule has 0 bridgehead atoms. The van der Waals surface area contributed by atoms with E-state index < -0.39 is 4.92 Å². The molecular weight excluding hydrogens is 228 g/mol. The number of aryl methyl sites for hydroxylation is 1. The molecule has 0 radical (unpaired) electrons. The van der Waals surface area contributed by atoms with Gasteiger partial charge >= 0.3 is 0 Å². The van der Waals surface area contributed by atoms with Crippen molar-refractivity contribution in [3.63, 3.8) is 0 Å². The van der Waals surface area contributed by atoms with Gasteiger partial charge in [-0.3, -0.25) is 10.1 Å². The Morgan fingerprint density at radius 3 is 2.44 bits per heavy atom. The van der Waals surface area contributed by atoms with Gasteiger partial charge in [0.05, 0.1) is 4.92 Å². The fourth-order valence-corrected chi connectivity index (χ4v) is 1.84. The highest BCUT2D eigenvalue weighted by Crippen LogP contribution is 2.32. The molecule has 0 aliphatic rings. The molecule has 0 saturated heterocycles. The van der Waals surface area contributed by atoms with Crippen molar-refractivity contribution in [2.45, 2.75) is 32.7 Å². The van der Waals surface area contributed by atoms with Gasteiger partial charge in [-0.25, -0.2) is 0 Å². The number of nitro groups is 1. The summed E-state index contributed by atoms with van der Waals surface area (Å²) in [6.45, 7) is 5.71. The molecule has 0 heterocycles. The fourth-order valence-electron chi connectivity index (χ4n) is 1.60. The standard InChI is InChI=1S/C11H15ClN2O2/c1-6-4-11(14(15)16)10(12)5-9(6)7(2)8(3)13/h4-5,7-8H,13H2,1-3H3. The molecule has 2 unspecified atom stereocenters. The van der Waals surface area contributed by atoms with Crippen LogP contribution < -0.4 is 5.73 Å². The van der Waals surface area contributed by atoms with E-state index in [0.717, 1.165) is 11.1 Å². The Labute approximate surface area is 99.6 Å². The monoisotopic (exact) mass is 242 g/mol. The van der Waals surface area contributed by atoms with Gasteiger partial charge < -0.3 is 5.73 Å². The van der Waals surface area contributed by atoms with E-state index in [9.17, 15) is 10.1 Å². The highest BCUT2D eigenvalue weighted by atomic mass is 35.5. The summed E-state index contributed by atoms with van der Waals surface area (Å²) in [5.74, 6) is 0.123. The summed E-state index contributed by atoms with van der Waals surface area (Å²) in [6, 6.07) is 3.12. The summed E-state index contributed by atoms with van der Waals surface area (Å²) in [6.07, 6.45) is 0. The minimum atomic E-state index is -0.477. The minimum absolute atomic E-state index is 0.0174. The molecule has 0 aromatic heterocycles. The third-order valence-electron chi connectivity index (χ3n) is 2.81. The molecule has 4 nitrogen and oxygen atoms in total. The summed E-state index contributed by atoms with van der Waals surface area (Å²) in [7, 11) is 0. The molecular formula is C11H15ClN2O2. The summed E-state index contributed by atoms with van der Waals surface area (Å²) >= 11 is 5.86. The first-order chi connectivity index (χ1) is 7.34. The lowest BCUT2D eigenvalue weighted by atomic mass is 9.91. The predicted molar refractivity (Wildman–Crippen MR) is 64.9 cm³/mol. The van der Waals surface area contributed by atoms with Crippen LogP contribution in [0.5, 0.6) is 0 Å². The smallest absolute Gasteiger partial charge is 0.288 e. The van der Waals surface area contributed by atoms with Gasteiger partial charge in [0.1, 0.15) is 5.02 Å². The van der Waals surface area contributed by atoms with Crippen molar-refractivity contribution in [2.24, 2.45) is 5.73 Å². The van der Waals surface area contributed by atoms with Crippen LogP contribution in [0.3, 0.4) is 0 Å². The molecule has 0 aliphatic heterocycles. The molecule has 0 saturated carbocycles. The van der Waals surface area contributed by atoms with Gasteiger partial charge in [0, 0.05) is 12.1 Å². The Morgan fingerprint density at radius 1 is 1.44 bits per heavy atom. The SMILES string of the molecule is Cc1cc([N+](=O)[O-])c(Cl)cc1C(C)C(C)N. The Kier molecular flexibility index (Phi) is 3.88. The number of halogens is 1. The first kappa shape index (κ1) is 12.9. The van der Waals surface area contributed by atoms with Gasteiger partial charge in [-0.2, -0.15) is 0 Å². The molecule has 0 fully saturated rings. The van der Waals surface area contributed by atoms with E-state index in [1.807, 2.05) is 20.8 Å². The first-order valence-electron chi connectivity index (χ1n) is 5.04. The molecule has 1 aromatic carbocycles. The summed E-state index contributed by atoms with van der Waals surface area (Å²) in [5.41, 5.74) is 7.56. The second kappa shape index (κ2) is 4.80. The van der Waals surface area contributed by atoms with Crippen molar-refractivity contribution >= 4 is 17.3 Å². The Hall–Kier alpha value is -1.13. The van der Waals surface area contributed by atoms with Crippen LogP contribution in [0.4, 0.5) is 5.69 Å². The number of nitrogens with zero attached hydrogens (tertiary/aromatic N) is 1. The van der Waals surface area contributed by atoms with Crippen LogP contribution in [0.1, 0.15) is 30.9 Å². The Bertz CT molecular complexity index is 419. The highest BCUT2D eigenvalue weighted by Gasteiger charge is 2.19. The van der Waals surface area contributed by atoms with Crippen LogP contribution in [0.15, 0.2) is 12.1 Å². The zero-order chi connectivity index (χ0) is 12.5. The van der Waals surface area contributed by atoms with Crippen LogP contribution in [-0.4, -0.2) is 11.0 Å². The predicted octanol–water partition coefficient (Wildman–Crippen LogP) is 3.01. The number of nitrogens with two attached hydrogens (primary N) is 1. The quantitative estimate of drug-likeness (QED) is 0.654. The minimum Gasteiger partial charge on any atom is -0.327 e. The average molecular weight is 243 g/mol. The molecule has 1 aromatic rings. The third-order valence-corrected chi connectivity index (χ3v) is 3.11. The maximum Gasteiger partial charge on any atom is 0.288 e. The largest absolute Gasteiger partial charge is 0.327 e. The molecule has 16 heavy (non-hydrogen) atoms. The second-order valence-corrected chi connectivity index (χ2v) is 4.47. The van der Waals surface area contributed by atoms with Gasteiger partial charge in [-0.1, -0.05) is 18.5 Å². The van der Waals surface area contributed by atoms with Gasteiger partial charge in [0.25, 0.3) is 5.69 Å². The van der Waals surface area contributed by atoms with Crippen molar-refractivity contribution in [3.8, 4) is 0 Å². The molecule has 0 aliphatic carbocycles. The maximum atomic E-state index is 10.7. The van der Waals surface area contributed by atoms with Crippen LogP contribution in [0, 0.1) is 17.0 Å². The van der Waals surface area contributed by atoms with Crippen molar-refractivity contribution < 1.29 is 4.92 Å². The first-order valence-corrected chi connectivity index (χ1v) is 5.42. The van der Waals surface area contributed by atoms with Crippen LogP contribution in [0.2, 0.25) is 5.02 Å². The lowest BCUT2D eigenvalue weighted by molar-refractivity contribution is -0.384. The van der Waals surface area contributed by atoms with Crippen molar-refractivity contribution in [1.29, 1.82) is 0 Å². The second-order valence-electron chi connectivity index (χ2n) is 4.07. The molecule has 2 N–H and O–H groups in total. The average Bonchev–Trinajstić information content (AvgIpc) is 2.19. The van der Waals surface area contributed by atoms with Crippen LogP contribution >= 0.6 is 11.6 Å². The summed E-state index contributed by atoms with van der Waals surface area (Å²) < 4.78 is 0. The van der Waals surface area contributed by atoms with E-state index in [-0.39, 0.29) is 22.7 Å². The van der Waals surface area contributed by atoms with E-state index in [2.05, 4.69) is 0 Å². The lowest BCUT2D eigenvalue weighted by Gasteiger charge is -2.18. The lowest BCUT2D eigenvalue weighted by Crippen LogP contribution is -2.23. The summed E-state index contributed by atoms with van der Waals surface area (Å²) in [5, 5.41) is 10.9. The molecule has 88 valence electrons. The molecule has 1 rings (SSSR count). The molecule has 5 heteroatoms. The van der Waals surface area contributed by atoms with E-state index in [4.69, 9.17) is 17.3 Å². The normalized spacial score (nSPS) is 14.6. The molecule has 0 spiro atoms. The number of hydrogen-bond donors (Lipinski definition) is 1. The Morgan fingerprint density at radius 2 is 2.00 bits per heavy atom. The van der Waals surface area contributed by atoms with Crippen LogP contribution in [0.25, 0.3) is 0 Å². The van der Waals surface area contributed by atoms with E-state index in [1.54, 1.807) is 6.07 Å². The van der Waals surface area contributed by atoms with Crippen LogP contribution in [-0.2, 0) is 0 Å². The maximum absolute atomic E-state index is 10.7. The van der Waals surface area contributed by atoms with Gasteiger partial charge in [0.2, 0.25) is 0 Å². The van der Waals surface area contributed by atoms with E-state index >= 15 is 0 Å². The number of benzene rings is 1. The molecule has 2 atom stereocenters. The fraction of sp³-hybridized carbons (Fsp3) is 0.455. The number of nitro benzene ring substituents is 1. The van der Waals surface area contributed by atoms with Crippen molar-refractivity contribution in [1.82, 2.24) is 0 Å². The summed E-state index contributed by atoms with van der Waals surface area (Å²) in [4.78, 5) is 10.2. The number of rotatable bonds is 3. The van der Waals surface area contributed by atoms with Crippen molar-refractivity contribution in [3.05, 3.63) is 38.4 Å². The zero-order valence-electron chi connectivity index (χ0n) is 9.53. The topological polar surface area (TPSA) is 69.2 Å². The zero-order valence-corrected chi connectivity index (χ0v) is 10.3. The van der Waals surface area contributed by atoms with E-state index in [1.165, 1.54) is 6.07 Å². The van der Waals surface area contributed by atoms with Gasteiger partial charge in [-0.05, 0) is 37.0 Å². The van der Waals surface area contributed by atoms with E-state index in [0.29, 0.717) is 0 Å². The van der Waals surface area contributed by atoms with Gasteiger partial charge in [-0.15, -0.1) is 0 Å².